The predicted octanol–water partition coefficient (Wildman–Crippen LogP) is 5.55. The molecule has 1 amide bonds. The number of ether oxygens (including phenoxy) is 1. The van der Waals surface area contributed by atoms with E-state index in [4.69, 9.17) is 16.3 Å². The van der Waals surface area contributed by atoms with Crippen LogP contribution in [0.2, 0.25) is 5.02 Å². The Morgan fingerprint density at radius 2 is 2.00 bits per heavy atom. The number of benzene rings is 2. The third-order valence-corrected chi connectivity index (χ3v) is 5.64. The Hall–Kier alpha value is -1.65. The maximum atomic E-state index is 12.5. The zero-order chi connectivity index (χ0) is 18.7. The van der Waals surface area contributed by atoms with Crippen molar-refractivity contribution in [2.75, 3.05) is 5.75 Å². The molecule has 1 aliphatic rings. The van der Waals surface area contributed by atoms with Gasteiger partial charge in [0, 0.05) is 34.1 Å². The monoisotopic (exact) mass is 389 g/mol. The van der Waals surface area contributed by atoms with Gasteiger partial charge in [0.05, 0.1) is 6.04 Å². The highest BCUT2D eigenvalue weighted by Gasteiger charge is 2.34. The molecule has 3 nitrogen and oxygen atoms in total. The van der Waals surface area contributed by atoms with E-state index >= 15 is 0 Å². The van der Waals surface area contributed by atoms with E-state index in [1.165, 1.54) is 0 Å². The summed E-state index contributed by atoms with van der Waals surface area (Å²) < 4.78 is 6.09. The molecule has 3 rings (SSSR count). The lowest BCUT2D eigenvalue weighted by Gasteiger charge is -2.38. The van der Waals surface area contributed by atoms with Crippen LogP contribution in [0.3, 0.4) is 0 Å². The highest BCUT2D eigenvalue weighted by atomic mass is 35.5. The van der Waals surface area contributed by atoms with Crippen LogP contribution in [-0.2, 0) is 4.79 Å². The molecule has 0 unspecified atom stereocenters. The number of halogens is 1. The van der Waals surface area contributed by atoms with Gasteiger partial charge in [0.2, 0.25) is 5.91 Å². The molecule has 1 N–H and O–H groups in total. The molecule has 0 spiro atoms. The maximum absolute atomic E-state index is 12.5. The molecule has 26 heavy (non-hydrogen) atoms. The smallest absolute Gasteiger partial charge is 0.221 e. The first-order chi connectivity index (χ1) is 12.3. The van der Waals surface area contributed by atoms with Crippen molar-refractivity contribution in [3.8, 4) is 5.75 Å². The van der Waals surface area contributed by atoms with Crippen molar-refractivity contribution in [3.63, 3.8) is 0 Å². The highest BCUT2D eigenvalue weighted by Crippen LogP contribution is 2.39. The summed E-state index contributed by atoms with van der Waals surface area (Å²) in [4.78, 5) is 13.6. The van der Waals surface area contributed by atoms with Gasteiger partial charge in [-0.25, -0.2) is 0 Å². The molecule has 1 atom stereocenters. The van der Waals surface area contributed by atoms with Gasteiger partial charge >= 0.3 is 0 Å². The molecule has 0 radical (unpaired) electrons. The van der Waals surface area contributed by atoms with Gasteiger partial charge in [0.25, 0.3) is 0 Å². The van der Waals surface area contributed by atoms with Crippen LogP contribution < -0.4 is 10.1 Å². The minimum Gasteiger partial charge on any atom is -0.487 e. The van der Waals surface area contributed by atoms with Crippen LogP contribution in [-0.4, -0.2) is 17.3 Å². The zero-order valence-electron chi connectivity index (χ0n) is 15.3. The fourth-order valence-corrected chi connectivity index (χ4v) is 4.12. The predicted molar refractivity (Wildman–Crippen MR) is 108 cm³/mol. The first-order valence-electron chi connectivity index (χ1n) is 8.80. The number of nitrogens with one attached hydrogen (secondary N) is 1. The molecule has 2 aromatic carbocycles. The van der Waals surface area contributed by atoms with Crippen molar-refractivity contribution in [1.82, 2.24) is 5.32 Å². The standard InChI is InChI=1S/C21H24ClNO2S/c1-14-4-9-17-18(13-21(2,3)25-19(17)12-14)23-20(24)10-11-26-16-7-5-15(22)6-8-16/h4-9,12,18H,10-11,13H2,1-3H3,(H,23,24)/t18-/m0/s1. The molecule has 0 aromatic heterocycles. The third kappa shape index (κ3) is 4.95. The number of thioether (sulfide) groups is 1. The Labute approximate surface area is 164 Å². The number of fused-ring (bicyclic) bond motifs is 1. The van der Waals surface area contributed by atoms with E-state index in [-0.39, 0.29) is 17.6 Å². The Bertz CT molecular complexity index is 789. The fourth-order valence-electron chi connectivity index (χ4n) is 3.15. The Balaban J connectivity index is 1.59. The summed E-state index contributed by atoms with van der Waals surface area (Å²) >= 11 is 7.56. The normalized spacial score (nSPS) is 17.9. The second-order valence-electron chi connectivity index (χ2n) is 7.28. The molecule has 0 saturated carbocycles. The molecule has 138 valence electrons. The first-order valence-corrected chi connectivity index (χ1v) is 10.2. The van der Waals surface area contributed by atoms with Crippen LogP contribution in [0.25, 0.3) is 0 Å². The van der Waals surface area contributed by atoms with Crippen LogP contribution in [0, 0.1) is 6.92 Å². The third-order valence-electron chi connectivity index (χ3n) is 4.37. The molecule has 0 fully saturated rings. The lowest BCUT2D eigenvalue weighted by atomic mass is 9.89. The quantitative estimate of drug-likeness (QED) is 0.681. The highest BCUT2D eigenvalue weighted by molar-refractivity contribution is 7.99. The zero-order valence-corrected chi connectivity index (χ0v) is 16.9. The number of amides is 1. The van der Waals surface area contributed by atoms with Crippen molar-refractivity contribution < 1.29 is 9.53 Å². The molecule has 0 aliphatic carbocycles. The van der Waals surface area contributed by atoms with Crippen LogP contribution >= 0.6 is 23.4 Å². The first kappa shape index (κ1) is 19.1. The van der Waals surface area contributed by atoms with Gasteiger partial charge in [0.1, 0.15) is 11.4 Å². The average Bonchev–Trinajstić information content (AvgIpc) is 2.55. The molecular formula is C21H24ClNO2S. The molecule has 1 aliphatic heterocycles. The van der Waals surface area contributed by atoms with Crippen molar-refractivity contribution in [3.05, 3.63) is 58.6 Å². The average molecular weight is 390 g/mol. The largest absolute Gasteiger partial charge is 0.487 e. The lowest BCUT2D eigenvalue weighted by molar-refractivity contribution is -0.121. The van der Waals surface area contributed by atoms with Crippen LogP contribution in [0.1, 0.15) is 43.9 Å². The summed E-state index contributed by atoms with van der Waals surface area (Å²) in [5, 5.41) is 3.92. The van der Waals surface area contributed by atoms with Crippen LogP contribution in [0.5, 0.6) is 5.75 Å². The number of carbonyl (C=O) groups is 1. The summed E-state index contributed by atoms with van der Waals surface area (Å²) in [6, 6.07) is 13.9. The summed E-state index contributed by atoms with van der Waals surface area (Å²) in [6.07, 6.45) is 1.24. The van der Waals surface area contributed by atoms with Gasteiger partial charge in [-0.3, -0.25) is 4.79 Å². The number of hydrogen-bond donors (Lipinski definition) is 1. The minimum absolute atomic E-state index is 0.0117. The SMILES string of the molecule is Cc1ccc2c(c1)OC(C)(C)C[C@@H]2NC(=O)CCSc1ccc(Cl)cc1. The van der Waals surface area contributed by atoms with E-state index in [1.807, 2.05) is 37.3 Å². The van der Waals surface area contributed by atoms with Crippen molar-refractivity contribution in [1.29, 1.82) is 0 Å². The van der Waals surface area contributed by atoms with E-state index in [1.54, 1.807) is 11.8 Å². The van der Waals surface area contributed by atoms with Crippen molar-refractivity contribution in [2.45, 2.75) is 50.2 Å². The summed E-state index contributed by atoms with van der Waals surface area (Å²) in [5.74, 6) is 1.68. The van der Waals surface area contributed by atoms with Gasteiger partial charge in [-0.05, 0) is 56.7 Å². The second-order valence-corrected chi connectivity index (χ2v) is 8.88. The summed E-state index contributed by atoms with van der Waals surface area (Å²) in [7, 11) is 0. The molecule has 5 heteroatoms. The van der Waals surface area contributed by atoms with E-state index < -0.39 is 0 Å². The van der Waals surface area contributed by atoms with E-state index in [0.717, 1.165) is 39.0 Å². The number of aryl methyl sites for hydroxylation is 1. The Morgan fingerprint density at radius 3 is 2.73 bits per heavy atom. The Morgan fingerprint density at radius 1 is 1.27 bits per heavy atom. The van der Waals surface area contributed by atoms with E-state index in [0.29, 0.717) is 6.42 Å². The molecular weight excluding hydrogens is 366 g/mol. The fraction of sp³-hybridized carbons (Fsp3) is 0.381. The number of hydrogen-bond acceptors (Lipinski definition) is 3. The number of rotatable bonds is 5. The van der Waals surface area contributed by atoms with Gasteiger partial charge in [0.15, 0.2) is 0 Å². The topological polar surface area (TPSA) is 38.3 Å². The van der Waals surface area contributed by atoms with Gasteiger partial charge in [-0.1, -0.05) is 23.7 Å². The van der Waals surface area contributed by atoms with Crippen molar-refractivity contribution in [2.24, 2.45) is 0 Å². The molecule has 1 heterocycles. The van der Waals surface area contributed by atoms with Crippen LogP contribution in [0.4, 0.5) is 0 Å². The molecule has 0 saturated heterocycles. The summed E-state index contributed by atoms with van der Waals surface area (Å²) in [5.41, 5.74) is 1.93. The van der Waals surface area contributed by atoms with E-state index in [9.17, 15) is 4.79 Å². The van der Waals surface area contributed by atoms with Crippen LogP contribution in [0.15, 0.2) is 47.4 Å². The lowest BCUT2D eigenvalue weighted by Crippen LogP contribution is -2.41. The van der Waals surface area contributed by atoms with Crippen molar-refractivity contribution >= 4 is 29.3 Å². The van der Waals surface area contributed by atoms with Gasteiger partial charge in [-0.2, -0.15) is 0 Å². The molecule has 0 bridgehead atoms. The van der Waals surface area contributed by atoms with Gasteiger partial charge < -0.3 is 10.1 Å². The van der Waals surface area contributed by atoms with Gasteiger partial charge in [-0.15, -0.1) is 11.8 Å². The minimum atomic E-state index is -0.295. The van der Waals surface area contributed by atoms with E-state index in [2.05, 4.69) is 31.3 Å². The number of carbonyl (C=O) groups excluding carboxylic acids is 1. The summed E-state index contributed by atoms with van der Waals surface area (Å²) in [6.45, 7) is 6.18. The maximum Gasteiger partial charge on any atom is 0.221 e. The molecule has 2 aromatic rings. The second kappa shape index (κ2) is 7.93. The Kier molecular flexibility index (Phi) is 5.83.